The van der Waals surface area contributed by atoms with Gasteiger partial charge in [0.1, 0.15) is 0 Å². The standard InChI is InChI=1S/C11H19N3O2/c1-12-10-2-3-13-11(8-10)9-14(4-6-15)5-7-16/h2-3,8,15-16H,4-7,9H2,1H3,(H,12,13). The Morgan fingerprint density at radius 2 is 2.00 bits per heavy atom. The predicted octanol–water partition coefficient (Wildman–Crippen LogP) is -0.0901. The van der Waals surface area contributed by atoms with Gasteiger partial charge in [-0.3, -0.25) is 9.88 Å². The van der Waals surface area contributed by atoms with Gasteiger partial charge in [-0.1, -0.05) is 0 Å². The molecule has 0 saturated heterocycles. The van der Waals surface area contributed by atoms with E-state index in [1.165, 1.54) is 0 Å². The molecular formula is C11H19N3O2. The highest BCUT2D eigenvalue weighted by Crippen LogP contribution is 2.08. The SMILES string of the molecule is CNc1ccnc(CN(CCO)CCO)c1. The molecule has 0 unspecified atom stereocenters. The Labute approximate surface area is 95.7 Å². The summed E-state index contributed by atoms with van der Waals surface area (Å²) in [6.07, 6.45) is 1.75. The molecule has 0 amide bonds. The second-order valence-electron chi connectivity index (χ2n) is 3.51. The van der Waals surface area contributed by atoms with Crippen molar-refractivity contribution in [3.8, 4) is 0 Å². The zero-order chi connectivity index (χ0) is 11.8. The average molecular weight is 225 g/mol. The normalized spacial score (nSPS) is 10.8. The molecule has 0 radical (unpaired) electrons. The highest BCUT2D eigenvalue weighted by atomic mass is 16.3. The van der Waals surface area contributed by atoms with Crippen LogP contribution in [-0.2, 0) is 6.54 Å². The molecule has 16 heavy (non-hydrogen) atoms. The van der Waals surface area contributed by atoms with Crippen molar-refractivity contribution >= 4 is 5.69 Å². The molecule has 0 aliphatic heterocycles. The highest BCUT2D eigenvalue weighted by molar-refractivity contribution is 5.42. The number of pyridine rings is 1. The summed E-state index contributed by atoms with van der Waals surface area (Å²) in [5.41, 5.74) is 1.94. The van der Waals surface area contributed by atoms with Gasteiger partial charge in [-0.15, -0.1) is 0 Å². The van der Waals surface area contributed by atoms with Crippen molar-refractivity contribution in [3.05, 3.63) is 24.0 Å². The minimum atomic E-state index is 0.0890. The van der Waals surface area contributed by atoms with Gasteiger partial charge in [0.15, 0.2) is 0 Å². The zero-order valence-electron chi connectivity index (χ0n) is 9.56. The van der Waals surface area contributed by atoms with Crippen LogP contribution in [-0.4, -0.2) is 53.4 Å². The Morgan fingerprint density at radius 1 is 1.31 bits per heavy atom. The predicted molar refractivity (Wildman–Crippen MR) is 63.2 cm³/mol. The lowest BCUT2D eigenvalue weighted by Crippen LogP contribution is -2.29. The molecule has 0 atom stereocenters. The molecule has 0 saturated carbocycles. The van der Waals surface area contributed by atoms with Gasteiger partial charge in [0, 0.05) is 38.6 Å². The van der Waals surface area contributed by atoms with Crippen LogP contribution in [0.4, 0.5) is 5.69 Å². The summed E-state index contributed by atoms with van der Waals surface area (Å²) >= 11 is 0. The third kappa shape index (κ3) is 4.14. The number of aromatic nitrogens is 1. The molecule has 5 nitrogen and oxygen atoms in total. The summed E-state index contributed by atoms with van der Waals surface area (Å²) in [5, 5.41) is 20.8. The lowest BCUT2D eigenvalue weighted by atomic mass is 10.3. The van der Waals surface area contributed by atoms with Crippen molar-refractivity contribution < 1.29 is 10.2 Å². The minimum absolute atomic E-state index is 0.0890. The number of hydrogen-bond acceptors (Lipinski definition) is 5. The Hall–Kier alpha value is -1.17. The molecule has 0 aromatic carbocycles. The molecule has 1 aromatic heterocycles. The van der Waals surface area contributed by atoms with Crippen molar-refractivity contribution in [2.75, 3.05) is 38.7 Å². The summed E-state index contributed by atoms with van der Waals surface area (Å²) in [5.74, 6) is 0. The molecule has 0 aliphatic carbocycles. The molecule has 3 N–H and O–H groups in total. The summed E-state index contributed by atoms with van der Waals surface area (Å²) < 4.78 is 0. The van der Waals surface area contributed by atoms with E-state index in [0.717, 1.165) is 11.4 Å². The molecule has 1 aromatic rings. The average Bonchev–Trinajstić information content (AvgIpc) is 2.30. The van der Waals surface area contributed by atoms with Crippen molar-refractivity contribution in [2.24, 2.45) is 0 Å². The third-order valence-corrected chi connectivity index (χ3v) is 2.32. The van der Waals surface area contributed by atoms with Gasteiger partial charge in [-0.2, -0.15) is 0 Å². The molecular weight excluding hydrogens is 206 g/mol. The first-order valence-electron chi connectivity index (χ1n) is 5.37. The van der Waals surface area contributed by atoms with Crippen LogP contribution in [0.2, 0.25) is 0 Å². The van der Waals surface area contributed by atoms with Crippen molar-refractivity contribution in [1.82, 2.24) is 9.88 Å². The summed E-state index contributed by atoms with van der Waals surface area (Å²) in [7, 11) is 1.86. The molecule has 5 heteroatoms. The molecule has 0 fully saturated rings. The van der Waals surface area contributed by atoms with Crippen LogP contribution >= 0.6 is 0 Å². The van der Waals surface area contributed by atoms with E-state index in [2.05, 4.69) is 10.3 Å². The Bertz CT molecular complexity index is 301. The second kappa shape index (κ2) is 7.16. The first kappa shape index (κ1) is 12.9. The third-order valence-electron chi connectivity index (χ3n) is 2.32. The molecule has 1 rings (SSSR count). The van der Waals surface area contributed by atoms with Crippen LogP contribution in [0.1, 0.15) is 5.69 Å². The van der Waals surface area contributed by atoms with Gasteiger partial charge in [-0.25, -0.2) is 0 Å². The van der Waals surface area contributed by atoms with Crippen LogP contribution in [0.15, 0.2) is 18.3 Å². The lowest BCUT2D eigenvalue weighted by molar-refractivity contribution is 0.154. The fourth-order valence-electron chi connectivity index (χ4n) is 1.50. The number of rotatable bonds is 7. The van der Waals surface area contributed by atoms with Crippen LogP contribution in [0.25, 0.3) is 0 Å². The fraction of sp³-hybridized carbons (Fsp3) is 0.545. The van der Waals surface area contributed by atoms with E-state index in [4.69, 9.17) is 10.2 Å². The molecule has 0 bridgehead atoms. The first-order valence-corrected chi connectivity index (χ1v) is 5.37. The molecule has 90 valence electrons. The molecule has 0 aliphatic rings. The Balaban J connectivity index is 2.60. The minimum Gasteiger partial charge on any atom is -0.395 e. The van der Waals surface area contributed by atoms with Gasteiger partial charge in [0.05, 0.1) is 18.9 Å². The Kier molecular flexibility index (Phi) is 5.77. The fourth-order valence-corrected chi connectivity index (χ4v) is 1.50. The smallest absolute Gasteiger partial charge is 0.0564 e. The largest absolute Gasteiger partial charge is 0.395 e. The number of hydrogen-bond donors (Lipinski definition) is 3. The maximum atomic E-state index is 8.89. The highest BCUT2D eigenvalue weighted by Gasteiger charge is 2.05. The Morgan fingerprint density at radius 3 is 2.56 bits per heavy atom. The number of aliphatic hydroxyl groups is 2. The quantitative estimate of drug-likeness (QED) is 0.605. The van der Waals surface area contributed by atoms with Crippen molar-refractivity contribution in [2.45, 2.75) is 6.54 Å². The van der Waals surface area contributed by atoms with E-state index < -0.39 is 0 Å². The number of nitrogens with one attached hydrogen (secondary N) is 1. The number of nitrogens with zero attached hydrogens (tertiary/aromatic N) is 2. The van der Waals surface area contributed by atoms with E-state index in [1.54, 1.807) is 6.20 Å². The van der Waals surface area contributed by atoms with Crippen LogP contribution in [0, 0.1) is 0 Å². The van der Waals surface area contributed by atoms with Crippen LogP contribution in [0.5, 0.6) is 0 Å². The summed E-state index contributed by atoms with van der Waals surface area (Å²) in [6.45, 7) is 1.91. The number of anilines is 1. The van der Waals surface area contributed by atoms with Crippen molar-refractivity contribution in [3.63, 3.8) is 0 Å². The maximum absolute atomic E-state index is 8.89. The van der Waals surface area contributed by atoms with Gasteiger partial charge in [0.25, 0.3) is 0 Å². The number of aliphatic hydroxyl groups excluding tert-OH is 2. The second-order valence-corrected chi connectivity index (χ2v) is 3.51. The lowest BCUT2D eigenvalue weighted by Gasteiger charge is -2.19. The summed E-state index contributed by atoms with van der Waals surface area (Å²) in [6, 6.07) is 3.85. The topological polar surface area (TPSA) is 68.6 Å². The summed E-state index contributed by atoms with van der Waals surface area (Å²) in [4.78, 5) is 6.21. The molecule has 0 spiro atoms. The van der Waals surface area contributed by atoms with E-state index in [0.29, 0.717) is 19.6 Å². The van der Waals surface area contributed by atoms with E-state index in [-0.39, 0.29) is 13.2 Å². The van der Waals surface area contributed by atoms with Gasteiger partial charge >= 0.3 is 0 Å². The maximum Gasteiger partial charge on any atom is 0.0564 e. The van der Waals surface area contributed by atoms with Gasteiger partial charge < -0.3 is 15.5 Å². The first-order chi connectivity index (χ1) is 7.80. The van der Waals surface area contributed by atoms with Gasteiger partial charge in [0.2, 0.25) is 0 Å². The van der Waals surface area contributed by atoms with E-state index in [1.807, 2.05) is 24.1 Å². The van der Waals surface area contributed by atoms with E-state index >= 15 is 0 Å². The molecule has 1 heterocycles. The van der Waals surface area contributed by atoms with Crippen molar-refractivity contribution in [1.29, 1.82) is 0 Å². The zero-order valence-corrected chi connectivity index (χ0v) is 9.56. The monoisotopic (exact) mass is 225 g/mol. The van der Waals surface area contributed by atoms with Crippen LogP contribution < -0.4 is 5.32 Å². The van der Waals surface area contributed by atoms with Crippen LogP contribution in [0.3, 0.4) is 0 Å². The van der Waals surface area contributed by atoms with E-state index in [9.17, 15) is 0 Å². The van der Waals surface area contributed by atoms with Gasteiger partial charge in [-0.05, 0) is 12.1 Å².